The van der Waals surface area contributed by atoms with Gasteiger partial charge in [-0.2, -0.15) is 0 Å². The summed E-state index contributed by atoms with van der Waals surface area (Å²) >= 11 is 0. The lowest BCUT2D eigenvalue weighted by atomic mass is 10.2. The molecule has 0 bridgehead atoms. The summed E-state index contributed by atoms with van der Waals surface area (Å²) in [5.74, 6) is -3.16. The zero-order valence-electron chi connectivity index (χ0n) is 8.91. The molecule has 0 spiro atoms. The molecule has 2 rings (SSSR count). The Morgan fingerprint density at radius 1 is 1.18 bits per heavy atom. The van der Waals surface area contributed by atoms with E-state index < -0.39 is 17.5 Å². The third kappa shape index (κ3) is 2.38. The van der Waals surface area contributed by atoms with E-state index in [1.165, 1.54) is 10.9 Å². The van der Waals surface area contributed by atoms with Gasteiger partial charge in [-0.15, -0.1) is 5.10 Å². The van der Waals surface area contributed by atoms with Crippen LogP contribution in [0.25, 0.3) is 0 Å². The Kier molecular flexibility index (Phi) is 2.99. The molecule has 0 radical (unpaired) electrons. The molecule has 0 saturated heterocycles. The summed E-state index contributed by atoms with van der Waals surface area (Å²) < 4.78 is 40.3. The molecule has 1 aromatic carbocycles. The molecule has 17 heavy (non-hydrogen) atoms. The van der Waals surface area contributed by atoms with Crippen LogP contribution in [0.15, 0.2) is 18.3 Å². The molecule has 1 N–H and O–H groups in total. The van der Waals surface area contributed by atoms with Gasteiger partial charge in [0.15, 0.2) is 11.6 Å². The third-order valence-corrected chi connectivity index (χ3v) is 2.28. The Balaban J connectivity index is 2.14. The molecule has 2 aromatic rings. The quantitative estimate of drug-likeness (QED) is 0.835. The molecule has 0 saturated carbocycles. The maximum Gasteiger partial charge on any atom is 0.161 e. The Hall–Kier alpha value is -2.05. The molecule has 0 fully saturated rings. The first-order valence-electron chi connectivity index (χ1n) is 4.80. The van der Waals surface area contributed by atoms with Gasteiger partial charge in [0.1, 0.15) is 5.82 Å². The molecule has 0 aliphatic carbocycles. The van der Waals surface area contributed by atoms with Gasteiger partial charge >= 0.3 is 0 Å². The molecule has 7 heteroatoms. The number of benzene rings is 1. The van der Waals surface area contributed by atoms with Crippen LogP contribution in [0.1, 0.15) is 5.69 Å². The zero-order chi connectivity index (χ0) is 12.4. The molecule has 0 aliphatic heterocycles. The van der Waals surface area contributed by atoms with E-state index in [4.69, 9.17) is 0 Å². The maximum atomic E-state index is 13.3. The van der Waals surface area contributed by atoms with Crippen molar-refractivity contribution in [1.29, 1.82) is 0 Å². The van der Waals surface area contributed by atoms with Crippen molar-refractivity contribution >= 4 is 5.69 Å². The van der Waals surface area contributed by atoms with E-state index in [2.05, 4.69) is 15.6 Å². The van der Waals surface area contributed by atoms with Gasteiger partial charge in [0.05, 0.1) is 24.1 Å². The second-order valence-corrected chi connectivity index (χ2v) is 3.45. The predicted octanol–water partition coefficient (Wildman–Crippen LogP) is 1.84. The number of nitrogens with zero attached hydrogens (tertiary/aromatic N) is 3. The van der Waals surface area contributed by atoms with E-state index >= 15 is 0 Å². The molecule has 1 aromatic heterocycles. The highest BCUT2D eigenvalue weighted by Gasteiger charge is 2.10. The summed E-state index contributed by atoms with van der Waals surface area (Å²) in [5.41, 5.74) is 0.583. The molecule has 1 heterocycles. The Morgan fingerprint density at radius 2 is 1.88 bits per heavy atom. The minimum atomic E-state index is -1.21. The second-order valence-electron chi connectivity index (χ2n) is 3.45. The van der Waals surface area contributed by atoms with Gasteiger partial charge in [0.2, 0.25) is 0 Å². The van der Waals surface area contributed by atoms with Crippen molar-refractivity contribution in [3.8, 4) is 0 Å². The van der Waals surface area contributed by atoms with Crippen LogP contribution in [0.2, 0.25) is 0 Å². The van der Waals surface area contributed by atoms with E-state index in [0.29, 0.717) is 11.8 Å². The SMILES string of the molecule is Cn1nncc1CNc1cc(F)c(F)cc1F. The number of nitrogens with one attached hydrogen (secondary N) is 1. The third-order valence-electron chi connectivity index (χ3n) is 2.28. The number of halogens is 3. The first-order valence-corrected chi connectivity index (χ1v) is 4.80. The van der Waals surface area contributed by atoms with Crippen LogP contribution in [-0.2, 0) is 13.6 Å². The molecule has 0 atom stereocenters. The molecule has 0 amide bonds. The van der Waals surface area contributed by atoms with E-state index in [1.807, 2.05) is 0 Å². The lowest BCUT2D eigenvalue weighted by Crippen LogP contribution is -2.07. The number of hydrogen-bond donors (Lipinski definition) is 1. The number of rotatable bonds is 3. The molecular formula is C10H9F3N4. The molecule has 0 unspecified atom stereocenters. The van der Waals surface area contributed by atoms with Gasteiger partial charge in [-0.1, -0.05) is 5.21 Å². The van der Waals surface area contributed by atoms with Crippen molar-refractivity contribution in [3.05, 3.63) is 41.5 Å². The molecule has 90 valence electrons. The monoisotopic (exact) mass is 242 g/mol. The highest BCUT2D eigenvalue weighted by atomic mass is 19.2. The van der Waals surface area contributed by atoms with Crippen molar-refractivity contribution in [2.45, 2.75) is 6.54 Å². The number of anilines is 1. The van der Waals surface area contributed by atoms with E-state index in [0.717, 1.165) is 6.07 Å². The fourth-order valence-electron chi connectivity index (χ4n) is 1.31. The molecule has 4 nitrogen and oxygen atoms in total. The first-order chi connectivity index (χ1) is 8.08. The highest BCUT2D eigenvalue weighted by molar-refractivity contribution is 5.45. The second kappa shape index (κ2) is 4.44. The van der Waals surface area contributed by atoms with Crippen molar-refractivity contribution in [3.63, 3.8) is 0 Å². The van der Waals surface area contributed by atoms with Crippen LogP contribution in [0.4, 0.5) is 18.9 Å². The fraction of sp³-hybridized carbons (Fsp3) is 0.200. The number of hydrogen-bond acceptors (Lipinski definition) is 3. The predicted molar refractivity (Wildman–Crippen MR) is 54.6 cm³/mol. The Bertz CT molecular complexity index is 538. The van der Waals surface area contributed by atoms with Crippen LogP contribution in [-0.4, -0.2) is 15.0 Å². The number of aryl methyl sites for hydroxylation is 1. The standard InChI is InChI=1S/C10H9F3N4/c1-17-6(5-15-16-17)4-14-10-3-8(12)7(11)2-9(10)13/h2-3,5,14H,4H2,1H3. The van der Waals surface area contributed by atoms with Gasteiger partial charge in [0, 0.05) is 19.2 Å². The first kappa shape index (κ1) is 11.4. The van der Waals surface area contributed by atoms with Crippen LogP contribution < -0.4 is 5.32 Å². The zero-order valence-corrected chi connectivity index (χ0v) is 8.91. The molecule has 0 aliphatic rings. The minimum absolute atomic E-state index is 0.106. The number of aromatic nitrogens is 3. The van der Waals surface area contributed by atoms with Gasteiger partial charge in [-0.3, -0.25) is 4.68 Å². The smallest absolute Gasteiger partial charge is 0.161 e. The summed E-state index contributed by atoms with van der Waals surface area (Å²) in [6, 6.07) is 1.27. The highest BCUT2D eigenvalue weighted by Crippen LogP contribution is 2.18. The summed E-state index contributed by atoms with van der Waals surface area (Å²) in [7, 11) is 1.67. The van der Waals surface area contributed by atoms with E-state index in [-0.39, 0.29) is 12.2 Å². The van der Waals surface area contributed by atoms with Crippen LogP contribution in [0.3, 0.4) is 0 Å². The topological polar surface area (TPSA) is 42.7 Å². The fourth-order valence-corrected chi connectivity index (χ4v) is 1.31. The Labute approximate surface area is 95.1 Å². The van der Waals surface area contributed by atoms with Gasteiger partial charge in [-0.05, 0) is 0 Å². The van der Waals surface area contributed by atoms with E-state index in [1.54, 1.807) is 7.05 Å². The average Bonchev–Trinajstić information content (AvgIpc) is 2.68. The Morgan fingerprint density at radius 3 is 2.53 bits per heavy atom. The summed E-state index contributed by atoms with van der Waals surface area (Å²) in [4.78, 5) is 0. The largest absolute Gasteiger partial charge is 0.377 e. The normalized spacial score (nSPS) is 10.6. The van der Waals surface area contributed by atoms with Crippen molar-refractivity contribution < 1.29 is 13.2 Å². The minimum Gasteiger partial charge on any atom is -0.377 e. The van der Waals surface area contributed by atoms with Crippen molar-refractivity contribution in [2.24, 2.45) is 7.05 Å². The lowest BCUT2D eigenvalue weighted by Gasteiger charge is -2.07. The molecular weight excluding hydrogens is 233 g/mol. The van der Waals surface area contributed by atoms with Crippen molar-refractivity contribution in [1.82, 2.24) is 15.0 Å². The van der Waals surface area contributed by atoms with Gasteiger partial charge in [-0.25, -0.2) is 13.2 Å². The van der Waals surface area contributed by atoms with Crippen LogP contribution in [0.5, 0.6) is 0 Å². The maximum absolute atomic E-state index is 13.3. The van der Waals surface area contributed by atoms with E-state index in [9.17, 15) is 13.2 Å². The van der Waals surface area contributed by atoms with Gasteiger partial charge in [0.25, 0.3) is 0 Å². The summed E-state index contributed by atoms with van der Waals surface area (Å²) in [6.45, 7) is 0.214. The van der Waals surface area contributed by atoms with Crippen LogP contribution >= 0.6 is 0 Å². The lowest BCUT2D eigenvalue weighted by molar-refractivity contribution is 0.496. The summed E-state index contributed by atoms with van der Waals surface area (Å²) in [5, 5.41) is 9.96. The van der Waals surface area contributed by atoms with Crippen LogP contribution in [0, 0.1) is 17.5 Å². The van der Waals surface area contributed by atoms with Crippen molar-refractivity contribution in [2.75, 3.05) is 5.32 Å². The summed E-state index contributed by atoms with van der Waals surface area (Å²) in [6.07, 6.45) is 1.49. The van der Waals surface area contributed by atoms with Gasteiger partial charge < -0.3 is 5.32 Å². The average molecular weight is 242 g/mol.